The van der Waals surface area contributed by atoms with Crippen molar-refractivity contribution in [2.75, 3.05) is 13.1 Å². The van der Waals surface area contributed by atoms with Gasteiger partial charge in [-0.05, 0) is 31.5 Å². The first-order valence-corrected chi connectivity index (χ1v) is 7.98. The van der Waals surface area contributed by atoms with E-state index in [1.54, 1.807) is 6.07 Å². The fraction of sp³-hybridized carbons (Fsp3) is 0.538. The Morgan fingerprint density at radius 3 is 2.84 bits per heavy atom. The van der Waals surface area contributed by atoms with E-state index in [0.717, 1.165) is 0 Å². The van der Waals surface area contributed by atoms with Gasteiger partial charge in [-0.25, -0.2) is 12.8 Å². The molecule has 1 aromatic carbocycles. The molecular weight excluding hydrogens is 267 g/mol. The molecule has 0 spiro atoms. The van der Waals surface area contributed by atoms with Gasteiger partial charge in [-0.2, -0.15) is 4.31 Å². The van der Waals surface area contributed by atoms with Crippen LogP contribution in [-0.2, 0) is 15.8 Å². The largest absolute Gasteiger partial charge is 0.311 e. The molecule has 0 aromatic heterocycles. The number of rotatable bonds is 3. The van der Waals surface area contributed by atoms with Gasteiger partial charge in [0.15, 0.2) is 0 Å². The number of piperazine rings is 1. The second kappa shape index (κ2) is 5.56. The number of nitrogens with one attached hydrogen (secondary N) is 1. The summed E-state index contributed by atoms with van der Waals surface area (Å²) in [6.45, 7) is 4.96. The summed E-state index contributed by atoms with van der Waals surface area (Å²) in [6, 6.07) is 5.78. The molecule has 6 heteroatoms. The molecule has 0 saturated carbocycles. The van der Waals surface area contributed by atoms with Gasteiger partial charge >= 0.3 is 0 Å². The maximum atomic E-state index is 13.1. The van der Waals surface area contributed by atoms with E-state index in [1.165, 1.54) is 22.5 Å². The third-order valence-electron chi connectivity index (χ3n) is 3.57. The maximum Gasteiger partial charge on any atom is 0.218 e. The normalized spacial score (nSPS) is 25.4. The summed E-state index contributed by atoms with van der Waals surface area (Å²) in [5.74, 6) is -0.559. The highest BCUT2D eigenvalue weighted by molar-refractivity contribution is 7.88. The van der Waals surface area contributed by atoms with Crippen LogP contribution in [0.3, 0.4) is 0 Å². The highest BCUT2D eigenvalue weighted by Gasteiger charge is 2.33. The van der Waals surface area contributed by atoms with Gasteiger partial charge in [0, 0.05) is 25.2 Å². The molecule has 0 aliphatic carbocycles. The predicted octanol–water partition coefficient (Wildman–Crippen LogP) is 1.34. The van der Waals surface area contributed by atoms with Gasteiger partial charge in [0.25, 0.3) is 0 Å². The fourth-order valence-corrected chi connectivity index (χ4v) is 4.16. The first kappa shape index (κ1) is 14.4. The van der Waals surface area contributed by atoms with E-state index in [4.69, 9.17) is 0 Å². The Morgan fingerprint density at radius 1 is 1.42 bits per heavy atom. The Morgan fingerprint density at radius 2 is 2.16 bits per heavy atom. The van der Waals surface area contributed by atoms with Crippen LogP contribution in [0, 0.1) is 5.82 Å². The van der Waals surface area contributed by atoms with E-state index < -0.39 is 15.8 Å². The number of hydrogen-bond acceptors (Lipinski definition) is 3. The smallest absolute Gasteiger partial charge is 0.218 e. The lowest BCUT2D eigenvalue weighted by Crippen LogP contribution is -2.57. The predicted molar refractivity (Wildman–Crippen MR) is 72.7 cm³/mol. The lowest BCUT2D eigenvalue weighted by molar-refractivity contribution is 0.232. The van der Waals surface area contributed by atoms with E-state index in [9.17, 15) is 12.8 Å². The van der Waals surface area contributed by atoms with Crippen LogP contribution < -0.4 is 5.32 Å². The highest BCUT2D eigenvalue weighted by atomic mass is 32.2. The van der Waals surface area contributed by atoms with Crippen molar-refractivity contribution in [3.63, 3.8) is 0 Å². The van der Waals surface area contributed by atoms with Gasteiger partial charge < -0.3 is 5.32 Å². The zero-order valence-corrected chi connectivity index (χ0v) is 12.0. The van der Waals surface area contributed by atoms with Crippen molar-refractivity contribution >= 4 is 10.0 Å². The van der Waals surface area contributed by atoms with Crippen molar-refractivity contribution in [2.24, 2.45) is 0 Å². The van der Waals surface area contributed by atoms with Crippen LogP contribution in [0.25, 0.3) is 0 Å². The number of hydrogen-bond donors (Lipinski definition) is 1. The summed E-state index contributed by atoms with van der Waals surface area (Å²) in [5.41, 5.74) is 0.485. The third-order valence-corrected chi connectivity index (χ3v) is 5.50. The lowest BCUT2D eigenvalue weighted by atomic mass is 10.1. The van der Waals surface area contributed by atoms with E-state index in [1.807, 2.05) is 13.8 Å². The van der Waals surface area contributed by atoms with Crippen molar-refractivity contribution in [3.8, 4) is 0 Å². The zero-order valence-electron chi connectivity index (χ0n) is 11.1. The first-order valence-electron chi connectivity index (χ1n) is 6.37. The minimum absolute atomic E-state index is 0.0905. The highest BCUT2D eigenvalue weighted by Crippen LogP contribution is 2.18. The average molecular weight is 286 g/mol. The number of benzene rings is 1. The zero-order chi connectivity index (χ0) is 14.0. The van der Waals surface area contributed by atoms with Crippen molar-refractivity contribution in [2.45, 2.75) is 31.7 Å². The van der Waals surface area contributed by atoms with Crippen molar-refractivity contribution in [1.29, 1.82) is 0 Å². The first-order chi connectivity index (χ1) is 8.90. The summed E-state index contributed by atoms with van der Waals surface area (Å²) in [5, 5.41) is 3.24. The second-order valence-corrected chi connectivity index (χ2v) is 6.90. The van der Waals surface area contributed by atoms with Crippen LogP contribution in [0.4, 0.5) is 4.39 Å². The molecule has 1 fully saturated rings. The van der Waals surface area contributed by atoms with Gasteiger partial charge in [-0.1, -0.05) is 12.1 Å². The Balaban J connectivity index is 2.18. The van der Waals surface area contributed by atoms with Gasteiger partial charge in [0.05, 0.1) is 5.75 Å². The molecular formula is C13H19FN2O2S. The maximum absolute atomic E-state index is 13.1. The van der Waals surface area contributed by atoms with Gasteiger partial charge in [-0.15, -0.1) is 0 Å². The molecule has 0 radical (unpaired) electrons. The van der Waals surface area contributed by atoms with Crippen LogP contribution in [0.1, 0.15) is 19.4 Å². The number of sulfonamides is 1. The van der Waals surface area contributed by atoms with E-state index in [0.29, 0.717) is 18.7 Å². The SMILES string of the molecule is CC1NCCN(S(=O)(=O)Cc2cccc(F)c2)C1C. The molecule has 1 aliphatic rings. The molecule has 1 saturated heterocycles. The quantitative estimate of drug-likeness (QED) is 0.912. The molecule has 1 aliphatic heterocycles. The summed E-state index contributed by atoms with van der Waals surface area (Å²) in [4.78, 5) is 0. The molecule has 19 heavy (non-hydrogen) atoms. The van der Waals surface area contributed by atoms with Crippen LogP contribution in [0.2, 0.25) is 0 Å². The molecule has 2 rings (SSSR count). The Kier molecular flexibility index (Phi) is 4.23. The second-order valence-electron chi connectivity index (χ2n) is 4.98. The van der Waals surface area contributed by atoms with Gasteiger partial charge in [-0.3, -0.25) is 0 Å². The van der Waals surface area contributed by atoms with Crippen molar-refractivity contribution in [1.82, 2.24) is 9.62 Å². The lowest BCUT2D eigenvalue weighted by Gasteiger charge is -2.37. The van der Waals surface area contributed by atoms with Crippen LogP contribution in [-0.4, -0.2) is 37.9 Å². The minimum Gasteiger partial charge on any atom is -0.311 e. The standard InChI is InChI=1S/C13H19FN2O2S/c1-10-11(2)16(7-6-15-10)19(17,18)9-12-4-3-5-13(14)8-12/h3-5,8,10-11,15H,6-7,9H2,1-2H3. The topological polar surface area (TPSA) is 49.4 Å². The summed E-state index contributed by atoms with van der Waals surface area (Å²) >= 11 is 0. The van der Waals surface area contributed by atoms with Crippen molar-refractivity contribution < 1.29 is 12.8 Å². The molecule has 0 bridgehead atoms. The van der Waals surface area contributed by atoms with E-state index in [2.05, 4.69) is 5.32 Å². The minimum atomic E-state index is -3.41. The Hall–Kier alpha value is -0.980. The summed E-state index contributed by atoms with van der Waals surface area (Å²) in [7, 11) is -3.41. The molecule has 0 amide bonds. The van der Waals surface area contributed by atoms with E-state index >= 15 is 0 Å². The van der Waals surface area contributed by atoms with Crippen LogP contribution in [0.5, 0.6) is 0 Å². The Bertz CT molecular complexity index is 547. The number of halogens is 1. The monoisotopic (exact) mass is 286 g/mol. The molecule has 1 N–H and O–H groups in total. The summed E-state index contributed by atoms with van der Waals surface area (Å²) < 4.78 is 39.4. The molecule has 2 unspecified atom stereocenters. The molecule has 4 nitrogen and oxygen atoms in total. The van der Waals surface area contributed by atoms with Crippen LogP contribution >= 0.6 is 0 Å². The van der Waals surface area contributed by atoms with Crippen molar-refractivity contribution in [3.05, 3.63) is 35.6 Å². The van der Waals surface area contributed by atoms with E-state index in [-0.39, 0.29) is 17.8 Å². The third kappa shape index (κ3) is 3.32. The number of nitrogens with zero attached hydrogens (tertiary/aromatic N) is 1. The molecule has 1 heterocycles. The fourth-order valence-electron chi connectivity index (χ4n) is 2.34. The van der Waals surface area contributed by atoms with Gasteiger partial charge in [0.2, 0.25) is 10.0 Å². The summed E-state index contributed by atoms with van der Waals surface area (Å²) in [6.07, 6.45) is 0. The average Bonchev–Trinajstić information content (AvgIpc) is 2.32. The molecule has 1 aromatic rings. The van der Waals surface area contributed by atoms with Gasteiger partial charge in [0.1, 0.15) is 5.82 Å². The molecule has 2 atom stereocenters. The Labute approximate surface area is 113 Å². The molecule has 106 valence electrons. The van der Waals surface area contributed by atoms with Crippen LogP contribution in [0.15, 0.2) is 24.3 Å².